The van der Waals surface area contributed by atoms with E-state index in [9.17, 15) is 13.2 Å². The zero-order valence-electron chi connectivity index (χ0n) is 19.4. The normalized spacial score (nSPS) is 11.3. The molecule has 1 heterocycles. The molecule has 0 bridgehead atoms. The second-order valence-electron chi connectivity index (χ2n) is 7.11. The Morgan fingerprint density at radius 2 is 1.74 bits per heavy atom. The summed E-state index contributed by atoms with van der Waals surface area (Å²) in [7, 11) is -0.0543. The molecule has 0 radical (unpaired) electrons. The van der Waals surface area contributed by atoms with E-state index in [1.54, 1.807) is 6.07 Å². The lowest BCUT2D eigenvalue weighted by atomic mass is 10.3. The van der Waals surface area contributed by atoms with E-state index in [4.69, 9.17) is 25.8 Å². The van der Waals surface area contributed by atoms with Gasteiger partial charge in [0.25, 0.3) is 15.9 Å². The summed E-state index contributed by atoms with van der Waals surface area (Å²) < 4.78 is 44.2. The molecule has 0 atom stereocenters. The van der Waals surface area contributed by atoms with Crippen LogP contribution in [0.1, 0.15) is 10.4 Å². The van der Waals surface area contributed by atoms with Gasteiger partial charge in [-0.05, 0) is 54.3 Å². The number of halogens is 1. The minimum absolute atomic E-state index is 0.0861. The fraction of sp³-hybridized carbons (Fsp3) is 0.217. The quantitative estimate of drug-likeness (QED) is 0.308. The van der Waals surface area contributed by atoms with Gasteiger partial charge in [0.05, 0.1) is 38.1 Å². The molecule has 0 aliphatic rings. The van der Waals surface area contributed by atoms with Crippen LogP contribution in [0.5, 0.6) is 17.2 Å². The number of benzene rings is 2. The Balaban J connectivity index is 2.00. The van der Waals surface area contributed by atoms with Crippen LogP contribution in [0.2, 0.25) is 5.02 Å². The van der Waals surface area contributed by atoms with E-state index in [1.807, 2.05) is 18.4 Å². The van der Waals surface area contributed by atoms with Gasteiger partial charge in [0, 0.05) is 16.0 Å². The molecule has 0 saturated heterocycles. The topological polar surface area (TPSA) is 107 Å². The molecule has 186 valence electrons. The number of rotatable bonds is 10. The molecule has 3 rings (SSSR count). The fourth-order valence-electron chi connectivity index (χ4n) is 3.11. The predicted octanol–water partition coefficient (Wildman–Crippen LogP) is 4.08. The van der Waals surface area contributed by atoms with Crippen molar-refractivity contribution in [2.24, 2.45) is 5.10 Å². The van der Waals surface area contributed by atoms with Crippen molar-refractivity contribution in [1.29, 1.82) is 0 Å². The molecule has 1 amide bonds. The molecule has 0 fully saturated rings. The number of hydrazone groups is 1. The molecule has 0 aliphatic carbocycles. The number of amides is 1. The van der Waals surface area contributed by atoms with Crippen LogP contribution in [-0.4, -0.2) is 48.4 Å². The van der Waals surface area contributed by atoms with Crippen LogP contribution < -0.4 is 23.9 Å². The number of nitrogens with zero attached hydrogens (tertiary/aromatic N) is 2. The summed E-state index contributed by atoms with van der Waals surface area (Å²) in [4.78, 5) is 13.5. The summed E-state index contributed by atoms with van der Waals surface area (Å²) in [5.41, 5.74) is 3.47. The lowest BCUT2D eigenvalue weighted by molar-refractivity contribution is -0.119. The van der Waals surface area contributed by atoms with Gasteiger partial charge in [-0.2, -0.15) is 5.10 Å². The van der Waals surface area contributed by atoms with Crippen molar-refractivity contribution in [3.05, 3.63) is 63.3 Å². The van der Waals surface area contributed by atoms with Crippen LogP contribution in [0, 0.1) is 6.92 Å². The molecule has 3 aromatic rings. The highest BCUT2D eigenvalue weighted by Crippen LogP contribution is 2.36. The smallest absolute Gasteiger partial charge is 0.265 e. The number of methoxy groups -OCH3 is 3. The number of nitrogens with one attached hydrogen (secondary N) is 1. The van der Waals surface area contributed by atoms with E-state index < -0.39 is 22.5 Å². The lowest BCUT2D eigenvalue weighted by Gasteiger charge is -2.25. The van der Waals surface area contributed by atoms with Gasteiger partial charge in [-0.25, -0.2) is 13.8 Å². The summed E-state index contributed by atoms with van der Waals surface area (Å²) >= 11 is 7.62. The third-order valence-electron chi connectivity index (χ3n) is 4.91. The number of sulfonamides is 1. The molecule has 2 aromatic carbocycles. The lowest BCUT2D eigenvalue weighted by Crippen LogP contribution is -2.39. The molecule has 1 N–H and O–H groups in total. The van der Waals surface area contributed by atoms with Crippen molar-refractivity contribution in [3.8, 4) is 17.2 Å². The SMILES string of the molecule is COc1ccc(S(=O)(=O)N(CC(=O)N/N=C\c2sccc2C)c2cc(Cl)ccc2OC)cc1OC. The monoisotopic (exact) mass is 537 g/mol. The second-order valence-corrected chi connectivity index (χ2v) is 10.4. The highest BCUT2D eigenvalue weighted by atomic mass is 35.5. The van der Waals surface area contributed by atoms with Crippen molar-refractivity contribution >= 4 is 50.8 Å². The molecule has 35 heavy (non-hydrogen) atoms. The first-order valence-corrected chi connectivity index (χ1v) is 12.8. The Hall–Kier alpha value is -3.28. The summed E-state index contributed by atoms with van der Waals surface area (Å²) in [6, 6.07) is 10.5. The zero-order chi connectivity index (χ0) is 25.6. The highest BCUT2D eigenvalue weighted by Gasteiger charge is 2.30. The number of carbonyl (C=O) groups is 1. The number of carbonyl (C=O) groups excluding carboxylic acids is 1. The average molecular weight is 538 g/mol. The molecule has 1 aromatic heterocycles. The minimum atomic E-state index is -4.28. The Bertz CT molecular complexity index is 1340. The van der Waals surface area contributed by atoms with Gasteiger partial charge in [-0.15, -0.1) is 11.3 Å². The third-order valence-corrected chi connectivity index (χ3v) is 7.86. The molecule has 0 saturated carbocycles. The van der Waals surface area contributed by atoms with E-state index in [-0.39, 0.29) is 27.1 Å². The van der Waals surface area contributed by atoms with Crippen LogP contribution >= 0.6 is 22.9 Å². The van der Waals surface area contributed by atoms with Crippen LogP contribution in [0.15, 0.2) is 57.8 Å². The van der Waals surface area contributed by atoms with E-state index in [0.717, 1.165) is 14.7 Å². The number of hydrogen-bond acceptors (Lipinski definition) is 8. The Morgan fingerprint density at radius 3 is 2.37 bits per heavy atom. The van der Waals surface area contributed by atoms with Gasteiger partial charge in [-0.3, -0.25) is 9.10 Å². The number of hydrogen-bond donors (Lipinski definition) is 1. The third kappa shape index (κ3) is 6.05. The van der Waals surface area contributed by atoms with E-state index in [1.165, 1.54) is 69.2 Å². The second kappa shape index (κ2) is 11.4. The van der Waals surface area contributed by atoms with Crippen LogP contribution in [0.25, 0.3) is 0 Å². The molecule has 12 heteroatoms. The Morgan fingerprint density at radius 1 is 1.06 bits per heavy atom. The maximum absolute atomic E-state index is 13.7. The van der Waals surface area contributed by atoms with Crippen LogP contribution in [0.3, 0.4) is 0 Å². The first kappa shape index (κ1) is 26.3. The maximum Gasteiger partial charge on any atom is 0.265 e. The maximum atomic E-state index is 13.7. The average Bonchev–Trinajstić information content (AvgIpc) is 3.26. The molecule has 0 unspecified atom stereocenters. The van der Waals surface area contributed by atoms with Gasteiger partial charge in [0.2, 0.25) is 0 Å². The number of aryl methyl sites for hydroxylation is 1. The van der Waals surface area contributed by atoms with Crippen molar-refractivity contribution in [1.82, 2.24) is 5.43 Å². The first-order valence-electron chi connectivity index (χ1n) is 10.2. The van der Waals surface area contributed by atoms with Crippen molar-refractivity contribution in [2.45, 2.75) is 11.8 Å². The summed E-state index contributed by atoms with van der Waals surface area (Å²) in [6.45, 7) is 1.33. The number of ether oxygens (including phenoxy) is 3. The van der Waals surface area contributed by atoms with Crippen LogP contribution in [0.4, 0.5) is 5.69 Å². The molecular formula is C23H24ClN3O6S2. The predicted molar refractivity (Wildman–Crippen MR) is 137 cm³/mol. The van der Waals surface area contributed by atoms with Gasteiger partial charge in [0.1, 0.15) is 12.3 Å². The number of thiophene rings is 1. The van der Waals surface area contributed by atoms with Gasteiger partial charge in [0.15, 0.2) is 11.5 Å². The number of anilines is 1. The summed E-state index contributed by atoms with van der Waals surface area (Å²) in [6.07, 6.45) is 1.51. The largest absolute Gasteiger partial charge is 0.495 e. The van der Waals surface area contributed by atoms with Crippen molar-refractivity contribution < 1.29 is 27.4 Å². The Kier molecular flexibility index (Phi) is 8.60. The van der Waals surface area contributed by atoms with Gasteiger partial charge < -0.3 is 14.2 Å². The zero-order valence-corrected chi connectivity index (χ0v) is 21.8. The Labute approximate surface area is 212 Å². The first-order chi connectivity index (χ1) is 16.7. The van der Waals surface area contributed by atoms with Crippen LogP contribution in [-0.2, 0) is 14.8 Å². The van der Waals surface area contributed by atoms with E-state index in [2.05, 4.69) is 10.5 Å². The molecular weight excluding hydrogens is 514 g/mol. The van der Waals surface area contributed by atoms with Gasteiger partial charge in [-0.1, -0.05) is 11.6 Å². The van der Waals surface area contributed by atoms with Gasteiger partial charge >= 0.3 is 0 Å². The minimum Gasteiger partial charge on any atom is -0.495 e. The van der Waals surface area contributed by atoms with Crippen molar-refractivity contribution in [2.75, 3.05) is 32.2 Å². The summed E-state index contributed by atoms with van der Waals surface area (Å²) in [5.74, 6) is 0.117. The van der Waals surface area contributed by atoms with E-state index >= 15 is 0 Å². The van der Waals surface area contributed by atoms with Crippen molar-refractivity contribution in [3.63, 3.8) is 0 Å². The molecule has 9 nitrogen and oxygen atoms in total. The van der Waals surface area contributed by atoms with E-state index in [0.29, 0.717) is 5.75 Å². The molecule has 0 aliphatic heterocycles. The standard InChI is InChI=1S/C23H24ClN3O6S2/c1-15-9-10-34-22(15)13-25-26-23(28)14-27(18-11-16(24)5-7-19(18)31-2)35(29,30)17-6-8-20(32-3)21(12-17)33-4/h5-13H,14H2,1-4H3,(H,26,28)/b25-13-. The fourth-order valence-corrected chi connectivity index (χ4v) is 5.50. The highest BCUT2D eigenvalue weighted by molar-refractivity contribution is 7.92. The summed E-state index contributed by atoms with van der Waals surface area (Å²) in [5, 5.41) is 6.12. The molecule has 0 spiro atoms.